The Kier molecular flexibility index (Phi) is 4.11. The van der Waals surface area contributed by atoms with E-state index in [4.69, 9.17) is 10.6 Å². The van der Waals surface area contributed by atoms with Crippen LogP contribution in [0.1, 0.15) is 12.0 Å². The number of nitrogens with zero attached hydrogens (tertiary/aromatic N) is 2. The molecule has 0 radical (unpaired) electrons. The molecule has 0 unspecified atom stereocenters. The average molecular weight is 272 g/mol. The van der Waals surface area contributed by atoms with Gasteiger partial charge in [0.05, 0.1) is 12.1 Å². The number of nitrogen functional groups attached to an aromatic ring is 1. The Bertz CT molecular complexity index is 579. The molecule has 1 aliphatic rings. The Morgan fingerprint density at radius 1 is 1.25 bits per heavy atom. The maximum absolute atomic E-state index is 5.62. The minimum atomic E-state index is 0.758. The molecule has 1 aliphatic heterocycles. The molecule has 0 spiro atoms. The molecule has 2 aromatic rings. The van der Waals surface area contributed by atoms with E-state index < -0.39 is 0 Å². The van der Waals surface area contributed by atoms with Crippen molar-refractivity contribution in [3.05, 3.63) is 35.9 Å². The van der Waals surface area contributed by atoms with E-state index in [1.807, 2.05) is 18.2 Å². The van der Waals surface area contributed by atoms with Gasteiger partial charge >= 0.3 is 0 Å². The number of pyridine rings is 1. The largest absolute Gasteiger partial charge is 0.380 e. The smallest absolute Gasteiger partial charge is 0.145 e. The SMILES string of the molecule is NNc1nc2ccccc2cc1CN1CCCOCC1. The lowest BCUT2D eigenvalue weighted by atomic mass is 10.1. The van der Waals surface area contributed by atoms with Crippen molar-refractivity contribution in [3.8, 4) is 0 Å². The number of hydrogen-bond acceptors (Lipinski definition) is 5. The summed E-state index contributed by atoms with van der Waals surface area (Å²) in [6, 6.07) is 10.3. The van der Waals surface area contributed by atoms with E-state index in [9.17, 15) is 0 Å². The van der Waals surface area contributed by atoms with Crippen molar-refractivity contribution in [2.75, 3.05) is 31.7 Å². The summed E-state index contributed by atoms with van der Waals surface area (Å²) in [6.07, 6.45) is 1.08. The first-order valence-electron chi connectivity index (χ1n) is 7.02. The molecule has 1 fully saturated rings. The van der Waals surface area contributed by atoms with Gasteiger partial charge in [-0.15, -0.1) is 0 Å². The third-order valence-electron chi connectivity index (χ3n) is 3.65. The second-order valence-corrected chi connectivity index (χ2v) is 5.08. The molecule has 106 valence electrons. The van der Waals surface area contributed by atoms with Crippen molar-refractivity contribution in [3.63, 3.8) is 0 Å². The molecule has 3 N–H and O–H groups in total. The van der Waals surface area contributed by atoms with Crippen LogP contribution in [0.2, 0.25) is 0 Å². The molecule has 0 atom stereocenters. The lowest BCUT2D eigenvalue weighted by Gasteiger charge is -2.20. The molecule has 1 aromatic heterocycles. The Morgan fingerprint density at radius 3 is 3.05 bits per heavy atom. The van der Waals surface area contributed by atoms with Crippen LogP contribution in [0.4, 0.5) is 5.82 Å². The highest BCUT2D eigenvalue weighted by atomic mass is 16.5. The molecule has 2 heterocycles. The highest BCUT2D eigenvalue weighted by molar-refractivity contribution is 5.81. The Hall–Kier alpha value is -1.69. The zero-order chi connectivity index (χ0) is 13.8. The molecular formula is C15H20N4O. The van der Waals surface area contributed by atoms with Crippen molar-refractivity contribution < 1.29 is 4.74 Å². The maximum Gasteiger partial charge on any atom is 0.145 e. The first-order valence-corrected chi connectivity index (χ1v) is 7.02. The predicted octanol–water partition coefficient (Wildman–Crippen LogP) is 1.74. The van der Waals surface area contributed by atoms with Gasteiger partial charge in [-0.2, -0.15) is 0 Å². The summed E-state index contributed by atoms with van der Waals surface area (Å²) in [7, 11) is 0. The molecule has 5 nitrogen and oxygen atoms in total. The highest BCUT2D eigenvalue weighted by Crippen LogP contribution is 2.21. The lowest BCUT2D eigenvalue weighted by molar-refractivity contribution is 0.140. The number of aromatic nitrogens is 1. The number of para-hydroxylation sites is 1. The van der Waals surface area contributed by atoms with Crippen LogP contribution in [-0.2, 0) is 11.3 Å². The zero-order valence-electron chi connectivity index (χ0n) is 11.5. The van der Waals surface area contributed by atoms with Gasteiger partial charge in [0.1, 0.15) is 5.82 Å². The summed E-state index contributed by atoms with van der Waals surface area (Å²) in [5.74, 6) is 6.38. The molecule has 0 bridgehead atoms. The molecule has 1 aromatic carbocycles. The minimum absolute atomic E-state index is 0.758. The highest BCUT2D eigenvalue weighted by Gasteiger charge is 2.13. The van der Waals surface area contributed by atoms with E-state index in [1.165, 1.54) is 0 Å². The first kappa shape index (κ1) is 13.3. The number of fused-ring (bicyclic) bond motifs is 1. The number of ether oxygens (including phenoxy) is 1. The number of nitrogens with one attached hydrogen (secondary N) is 1. The van der Waals surface area contributed by atoms with Crippen molar-refractivity contribution in [1.29, 1.82) is 0 Å². The van der Waals surface area contributed by atoms with Crippen LogP contribution in [0.5, 0.6) is 0 Å². The fourth-order valence-electron chi connectivity index (χ4n) is 2.60. The van der Waals surface area contributed by atoms with E-state index in [1.54, 1.807) is 0 Å². The third-order valence-corrected chi connectivity index (χ3v) is 3.65. The topological polar surface area (TPSA) is 63.4 Å². The van der Waals surface area contributed by atoms with Crippen molar-refractivity contribution in [2.45, 2.75) is 13.0 Å². The zero-order valence-corrected chi connectivity index (χ0v) is 11.5. The van der Waals surface area contributed by atoms with E-state index in [-0.39, 0.29) is 0 Å². The number of hydrogen-bond donors (Lipinski definition) is 2. The van der Waals surface area contributed by atoms with E-state index >= 15 is 0 Å². The molecule has 0 saturated carbocycles. The number of nitrogens with two attached hydrogens (primary N) is 1. The van der Waals surface area contributed by atoms with Crippen LogP contribution >= 0.6 is 0 Å². The van der Waals surface area contributed by atoms with Gasteiger partial charge < -0.3 is 10.2 Å². The van der Waals surface area contributed by atoms with Crippen molar-refractivity contribution in [2.24, 2.45) is 5.84 Å². The molecule has 0 aliphatic carbocycles. The Balaban J connectivity index is 1.88. The van der Waals surface area contributed by atoms with E-state index in [0.29, 0.717) is 0 Å². The Labute approximate surface area is 118 Å². The maximum atomic E-state index is 5.62. The van der Waals surface area contributed by atoms with Gasteiger partial charge in [-0.25, -0.2) is 10.8 Å². The fourth-order valence-corrected chi connectivity index (χ4v) is 2.60. The summed E-state index contributed by atoms with van der Waals surface area (Å²) in [5.41, 5.74) is 4.82. The van der Waals surface area contributed by atoms with E-state index in [2.05, 4.69) is 27.4 Å². The second-order valence-electron chi connectivity index (χ2n) is 5.08. The summed E-state index contributed by atoms with van der Waals surface area (Å²) in [4.78, 5) is 6.98. The predicted molar refractivity (Wildman–Crippen MR) is 80.3 cm³/mol. The first-order chi connectivity index (χ1) is 9.86. The van der Waals surface area contributed by atoms with Gasteiger partial charge in [0.15, 0.2) is 0 Å². The molecule has 3 rings (SSSR count). The van der Waals surface area contributed by atoms with Crippen molar-refractivity contribution >= 4 is 16.7 Å². The summed E-state index contributed by atoms with van der Waals surface area (Å²) in [6.45, 7) is 4.51. The van der Waals surface area contributed by atoms with Crippen LogP contribution < -0.4 is 11.3 Å². The number of rotatable bonds is 3. The number of benzene rings is 1. The molecular weight excluding hydrogens is 252 g/mol. The molecule has 20 heavy (non-hydrogen) atoms. The lowest BCUT2D eigenvalue weighted by Crippen LogP contribution is -2.27. The summed E-state index contributed by atoms with van der Waals surface area (Å²) < 4.78 is 5.49. The molecule has 0 amide bonds. The van der Waals surface area contributed by atoms with Crippen LogP contribution in [0.3, 0.4) is 0 Å². The molecule has 5 heteroatoms. The van der Waals surface area contributed by atoms with Gasteiger partial charge in [-0.1, -0.05) is 18.2 Å². The minimum Gasteiger partial charge on any atom is -0.380 e. The van der Waals surface area contributed by atoms with Crippen LogP contribution in [0.15, 0.2) is 30.3 Å². The van der Waals surface area contributed by atoms with Crippen LogP contribution in [0, 0.1) is 0 Å². The van der Waals surface area contributed by atoms with E-state index in [0.717, 1.165) is 61.6 Å². The Morgan fingerprint density at radius 2 is 2.15 bits per heavy atom. The van der Waals surface area contributed by atoms with Gasteiger partial charge in [-0.05, 0) is 18.6 Å². The fraction of sp³-hybridized carbons (Fsp3) is 0.400. The second kappa shape index (κ2) is 6.17. The van der Waals surface area contributed by atoms with Gasteiger partial charge in [-0.3, -0.25) is 4.90 Å². The summed E-state index contributed by atoms with van der Waals surface area (Å²) >= 11 is 0. The monoisotopic (exact) mass is 272 g/mol. The number of hydrazine groups is 1. The molecule has 1 saturated heterocycles. The van der Waals surface area contributed by atoms with Gasteiger partial charge in [0.25, 0.3) is 0 Å². The van der Waals surface area contributed by atoms with Crippen LogP contribution in [0.25, 0.3) is 10.9 Å². The number of anilines is 1. The summed E-state index contributed by atoms with van der Waals surface area (Å²) in [5, 5.41) is 1.15. The third kappa shape index (κ3) is 2.90. The van der Waals surface area contributed by atoms with Crippen molar-refractivity contribution in [1.82, 2.24) is 9.88 Å². The van der Waals surface area contributed by atoms with Gasteiger partial charge in [0, 0.05) is 37.2 Å². The quantitative estimate of drug-likeness (QED) is 0.658. The van der Waals surface area contributed by atoms with Gasteiger partial charge in [0.2, 0.25) is 0 Å². The normalized spacial score (nSPS) is 17.1. The standard InChI is InChI=1S/C15H20N4O/c16-18-15-13(11-19-6-3-8-20-9-7-19)10-12-4-1-2-5-14(12)17-15/h1-2,4-5,10H,3,6-9,11,16H2,(H,17,18). The van der Waals surface area contributed by atoms with Crippen LogP contribution in [-0.4, -0.2) is 36.2 Å². The average Bonchev–Trinajstić information content (AvgIpc) is 2.75.